The van der Waals surface area contributed by atoms with Crippen molar-refractivity contribution in [2.75, 3.05) is 20.1 Å². The molecule has 0 saturated carbocycles. The van der Waals surface area contributed by atoms with E-state index in [1.165, 1.54) is 6.04 Å². The van der Waals surface area contributed by atoms with E-state index in [9.17, 15) is 4.79 Å². The van der Waals surface area contributed by atoms with Gasteiger partial charge in [0.2, 0.25) is 6.41 Å². The first-order valence-electron chi connectivity index (χ1n) is 3.36. The molecule has 0 aromatic heterocycles. The normalized spacial score (nSPS) is 9.09. The summed E-state index contributed by atoms with van der Waals surface area (Å²) in [6.07, 6.45) is 0.826. The molecule has 0 aliphatic rings. The molecule has 0 atom stereocenters. The Morgan fingerprint density at radius 3 is 2.45 bits per heavy atom. The number of nitrogens with one attached hydrogen (secondary N) is 1. The fraction of sp³-hybridized carbons (Fsp3) is 0.714. The number of hydrogen-bond acceptors (Lipinski definition) is 2. The Morgan fingerprint density at radius 2 is 2.09 bits per heavy atom. The molecule has 0 saturated heterocycles. The number of hydrogen-bond donors (Lipinski definition) is 1. The van der Waals surface area contributed by atoms with Crippen LogP contribution in [0.5, 0.6) is 0 Å². The van der Waals surface area contributed by atoms with Crippen molar-refractivity contribution in [1.82, 2.24) is 10.2 Å². The van der Waals surface area contributed by atoms with Gasteiger partial charge in [-0.15, -0.1) is 0 Å². The number of likely N-dealkylation sites (N-methyl/N-ethyl adjacent to an activating group) is 1. The van der Waals surface area contributed by atoms with E-state index in [-0.39, 0.29) is 18.6 Å². The summed E-state index contributed by atoms with van der Waals surface area (Å²) < 4.78 is 0. The predicted octanol–water partition coefficient (Wildman–Crippen LogP) is 0.233. The maximum atomic E-state index is 10.1. The van der Waals surface area contributed by atoms with E-state index in [4.69, 9.17) is 0 Å². The minimum Gasteiger partial charge on any atom is -0.466 e. The van der Waals surface area contributed by atoms with E-state index < -0.39 is 0 Å². The number of carbonyl (C=O) groups excluding carboxylic acids is 1. The number of rotatable bonds is 5. The number of nitrogens with zero attached hydrogens (tertiary/aromatic N) is 1. The minimum absolute atomic E-state index is 0. The van der Waals surface area contributed by atoms with Crippen LogP contribution in [0, 0.1) is 6.04 Å². The van der Waals surface area contributed by atoms with Gasteiger partial charge >= 0.3 is 0 Å². The summed E-state index contributed by atoms with van der Waals surface area (Å²) in [5, 5.41) is 3.13. The third kappa shape index (κ3) is 10.0. The SMILES string of the molecule is C[C-](C)NCCN(C)C=O.[V]. The van der Waals surface area contributed by atoms with E-state index in [0.717, 1.165) is 19.5 Å². The molecule has 1 radical (unpaired) electrons. The summed E-state index contributed by atoms with van der Waals surface area (Å²) in [6, 6.07) is 1.18. The van der Waals surface area contributed by atoms with Gasteiger partial charge in [0.15, 0.2) is 0 Å². The van der Waals surface area contributed by atoms with Gasteiger partial charge in [-0.1, -0.05) is 0 Å². The molecule has 3 nitrogen and oxygen atoms in total. The Hall–Kier alpha value is 0.0144. The summed E-state index contributed by atoms with van der Waals surface area (Å²) in [7, 11) is 1.76. The van der Waals surface area contributed by atoms with Gasteiger partial charge in [-0.2, -0.15) is 13.8 Å². The van der Waals surface area contributed by atoms with Crippen LogP contribution in [0.15, 0.2) is 0 Å². The average Bonchev–Trinajstić information content (AvgIpc) is 1.87. The Labute approximate surface area is 80.4 Å². The van der Waals surface area contributed by atoms with Crippen LogP contribution in [0.4, 0.5) is 0 Å². The topological polar surface area (TPSA) is 32.3 Å². The first kappa shape index (κ1) is 13.6. The maximum Gasteiger partial charge on any atom is 0.209 e. The summed E-state index contributed by atoms with van der Waals surface area (Å²) in [5.74, 6) is 0. The molecular weight excluding hydrogens is 179 g/mol. The Morgan fingerprint density at radius 1 is 1.55 bits per heavy atom. The van der Waals surface area contributed by atoms with Crippen molar-refractivity contribution in [3.05, 3.63) is 6.04 Å². The first-order valence-corrected chi connectivity index (χ1v) is 3.36. The Balaban J connectivity index is 0. The van der Waals surface area contributed by atoms with Crippen LogP contribution in [0.1, 0.15) is 13.8 Å². The first-order chi connectivity index (χ1) is 4.66. The summed E-state index contributed by atoms with van der Waals surface area (Å²) in [4.78, 5) is 11.7. The van der Waals surface area contributed by atoms with Gasteiger partial charge in [0, 0.05) is 32.1 Å². The molecule has 0 unspecified atom stereocenters. The van der Waals surface area contributed by atoms with Crippen molar-refractivity contribution < 1.29 is 23.4 Å². The maximum absolute atomic E-state index is 10.1. The van der Waals surface area contributed by atoms with Crippen LogP contribution in [-0.2, 0) is 23.4 Å². The van der Waals surface area contributed by atoms with Gasteiger partial charge in [0.25, 0.3) is 0 Å². The van der Waals surface area contributed by atoms with Crippen molar-refractivity contribution in [3.63, 3.8) is 0 Å². The molecule has 0 aromatic carbocycles. The average molecular weight is 194 g/mol. The molecule has 0 bridgehead atoms. The standard InChI is InChI=1S/C7H15N2O.V/c1-7(2)8-4-5-9(3)6-10;/h6,8H,4-5H2,1-3H3;/q-1;. The van der Waals surface area contributed by atoms with Crippen LogP contribution in [0.3, 0.4) is 0 Å². The largest absolute Gasteiger partial charge is 0.466 e. The predicted molar refractivity (Wildman–Crippen MR) is 41.3 cm³/mol. The van der Waals surface area contributed by atoms with Crippen LogP contribution in [0.25, 0.3) is 0 Å². The molecule has 65 valence electrons. The summed E-state index contributed by atoms with van der Waals surface area (Å²) >= 11 is 0. The van der Waals surface area contributed by atoms with Crippen molar-refractivity contribution in [1.29, 1.82) is 0 Å². The van der Waals surface area contributed by atoms with Gasteiger partial charge < -0.3 is 10.2 Å². The van der Waals surface area contributed by atoms with Gasteiger partial charge in [-0.3, -0.25) is 10.8 Å². The quantitative estimate of drug-likeness (QED) is 0.502. The monoisotopic (exact) mass is 194 g/mol. The van der Waals surface area contributed by atoms with E-state index in [1.54, 1.807) is 11.9 Å². The molecule has 1 amide bonds. The van der Waals surface area contributed by atoms with Gasteiger partial charge in [-0.05, 0) is 6.54 Å². The molecule has 0 aromatic rings. The van der Waals surface area contributed by atoms with Crippen molar-refractivity contribution in [2.24, 2.45) is 0 Å². The summed E-state index contributed by atoms with van der Waals surface area (Å²) in [5.41, 5.74) is 0. The van der Waals surface area contributed by atoms with Gasteiger partial charge in [-0.25, -0.2) is 0 Å². The molecule has 0 aliphatic carbocycles. The van der Waals surface area contributed by atoms with E-state index in [2.05, 4.69) is 5.32 Å². The number of amides is 1. The number of carbonyl (C=O) groups is 1. The van der Waals surface area contributed by atoms with Crippen molar-refractivity contribution in [2.45, 2.75) is 13.8 Å². The van der Waals surface area contributed by atoms with E-state index in [0.29, 0.717) is 0 Å². The van der Waals surface area contributed by atoms with E-state index >= 15 is 0 Å². The zero-order valence-corrected chi connectivity index (χ0v) is 8.69. The molecule has 0 heterocycles. The molecular formula is C7H15N2OV-. The van der Waals surface area contributed by atoms with Crippen molar-refractivity contribution >= 4 is 6.41 Å². The molecule has 0 aliphatic heterocycles. The van der Waals surface area contributed by atoms with Crippen LogP contribution in [-0.4, -0.2) is 31.4 Å². The molecule has 0 spiro atoms. The molecule has 1 N–H and O–H groups in total. The fourth-order valence-electron chi connectivity index (χ4n) is 0.535. The minimum atomic E-state index is 0. The molecule has 0 fully saturated rings. The zero-order chi connectivity index (χ0) is 7.98. The Kier molecular flexibility index (Phi) is 10.0. The molecule has 0 rings (SSSR count). The smallest absolute Gasteiger partial charge is 0.209 e. The van der Waals surface area contributed by atoms with Crippen LogP contribution >= 0.6 is 0 Å². The second kappa shape index (κ2) is 8.11. The summed E-state index contributed by atoms with van der Waals surface area (Å²) in [6.45, 7) is 5.59. The second-order valence-electron chi connectivity index (χ2n) is 2.51. The van der Waals surface area contributed by atoms with Crippen LogP contribution in [0.2, 0.25) is 0 Å². The molecule has 11 heavy (non-hydrogen) atoms. The second-order valence-corrected chi connectivity index (χ2v) is 2.51. The fourth-order valence-corrected chi connectivity index (χ4v) is 0.535. The zero-order valence-electron chi connectivity index (χ0n) is 7.29. The van der Waals surface area contributed by atoms with Gasteiger partial charge in [0.1, 0.15) is 0 Å². The molecule has 4 heteroatoms. The van der Waals surface area contributed by atoms with Gasteiger partial charge in [0.05, 0.1) is 0 Å². The van der Waals surface area contributed by atoms with Crippen LogP contribution < -0.4 is 5.32 Å². The Bertz CT molecular complexity index is 98.4. The van der Waals surface area contributed by atoms with Crippen molar-refractivity contribution in [3.8, 4) is 0 Å². The third-order valence-corrected chi connectivity index (χ3v) is 1.12. The third-order valence-electron chi connectivity index (χ3n) is 1.12. The van der Waals surface area contributed by atoms with E-state index in [1.807, 2.05) is 13.8 Å².